The molecule has 3 rings (SSSR count). The van der Waals surface area contributed by atoms with Crippen molar-refractivity contribution in [1.29, 1.82) is 0 Å². The first kappa shape index (κ1) is 18.2. The Morgan fingerprint density at radius 1 is 1.04 bits per heavy atom. The quantitative estimate of drug-likeness (QED) is 0.590. The average molecular weight is 365 g/mol. The predicted molar refractivity (Wildman–Crippen MR) is 97.1 cm³/mol. The van der Waals surface area contributed by atoms with Gasteiger partial charge < -0.3 is 9.64 Å². The first-order chi connectivity index (χ1) is 13.1. The molecule has 8 heteroatoms. The van der Waals surface area contributed by atoms with Crippen LogP contribution in [0.15, 0.2) is 60.7 Å². The van der Waals surface area contributed by atoms with E-state index in [1.165, 1.54) is 4.90 Å². The molecule has 0 aliphatic carbocycles. The number of likely N-dealkylation sites (N-methyl/N-ethyl adjacent to an activating group) is 1. The first-order valence-corrected chi connectivity index (χ1v) is 8.38. The Hall–Kier alpha value is -3.55. The molecule has 0 aliphatic heterocycles. The lowest BCUT2D eigenvalue weighted by molar-refractivity contribution is -0.152. The predicted octanol–water partition coefficient (Wildman–Crippen LogP) is 1.54. The van der Waals surface area contributed by atoms with Gasteiger partial charge in [0, 0.05) is 19.2 Å². The molecule has 0 N–H and O–H groups in total. The van der Waals surface area contributed by atoms with Crippen LogP contribution in [0.4, 0.5) is 0 Å². The fraction of sp³-hybridized carbons (Fsp3) is 0.211. The van der Waals surface area contributed by atoms with Crippen molar-refractivity contribution in [2.24, 2.45) is 0 Å². The van der Waals surface area contributed by atoms with Crippen LogP contribution in [-0.4, -0.2) is 50.6 Å². The molecule has 0 radical (unpaired) electrons. The molecule has 0 saturated heterocycles. The lowest BCUT2D eigenvalue weighted by Crippen LogP contribution is -2.31. The van der Waals surface area contributed by atoms with Crippen LogP contribution in [0.5, 0.6) is 0 Å². The van der Waals surface area contributed by atoms with Crippen LogP contribution in [0.2, 0.25) is 0 Å². The summed E-state index contributed by atoms with van der Waals surface area (Å²) in [7, 11) is 1.66. The van der Waals surface area contributed by atoms with Crippen LogP contribution >= 0.6 is 0 Å². The summed E-state index contributed by atoms with van der Waals surface area (Å²) >= 11 is 0. The molecule has 8 nitrogen and oxygen atoms in total. The molecule has 27 heavy (non-hydrogen) atoms. The number of esters is 1. The number of hydrogen-bond donors (Lipinski definition) is 0. The van der Waals surface area contributed by atoms with E-state index < -0.39 is 5.97 Å². The normalized spacial score (nSPS) is 10.4. The number of benzene rings is 2. The summed E-state index contributed by atoms with van der Waals surface area (Å²) in [5.41, 5.74) is 1.80. The SMILES string of the molecule is CN(Cc1ccccc1)C(=O)COC(=O)Cn1nnc(-c2ccccc2)n1. The van der Waals surface area contributed by atoms with Crippen LogP contribution in [0.25, 0.3) is 11.4 Å². The van der Waals surface area contributed by atoms with E-state index >= 15 is 0 Å². The summed E-state index contributed by atoms with van der Waals surface area (Å²) in [5.74, 6) is -0.473. The van der Waals surface area contributed by atoms with Crippen molar-refractivity contribution < 1.29 is 14.3 Å². The van der Waals surface area contributed by atoms with E-state index in [9.17, 15) is 9.59 Å². The van der Waals surface area contributed by atoms with Gasteiger partial charge in [0.05, 0.1) is 0 Å². The number of hydrogen-bond acceptors (Lipinski definition) is 6. The van der Waals surface area contributed by atoms with E-state index in [1.807, 2.05) is 60.7 Å². The first-order valence-electron chi connectivity index (χ1n) is 8.38. The standard InChI is InChI=1S/C19H19N5O3/c1-23(12-15-8-4-2-5-9-15)17(25)14-27-18(26)13-24-21-19(20-22-24)16-10-6-3-7-11-16/h2-11H,12-14H2,1H3. The zero-order chi connectivity index (χ0) is 19.1. The van der Waals surface area contributed by atoms with Crippen molar-refractivity contribution in [2.45, 2.75) is 13.1 Å². The summed E-state index contributed by atoms with van der Waals surface area (Å²) in [5, 5.41) is 11.9. The number of carbonyl (C=O) groups is 2. The van der Waals surface area contributed by atoms with Gasteiger partial charge in [-0.2, -0.15) is 4.80 Å². The van der Waals surface area contributed by atoms with E-state index in [4.69, 9.17) is 4.74 Å². The Labute approximate surface area is 156 Å². The van der Waals surface area contributed by atoms with Gasteiger partial charge in [-0.1, -0.05) is 60.7 Å². The number of tetrazole rings is 1. The Kier molecular flexibility index (Phi) is 5.88. The summed E-state index contributed by atoms with van der Waals surface area (Å²) in [4.78, 5) is 26.7. The summed E-state index contributed by atoms with van der Waals surface area (Å²) in [6.45, 7) is -0.0970. The second-order valence-electron chi connectivity index (χ2n) is 5.91. The number of nitrogens with zero attached hydrogens (tertiary/aromatic N) is 5. The highest BCUT2D eigenvalue weighted by Gasteiger charge is 2.14. The molecule has 1 aromatic heterocycles. The summed E-state index contributed by atoms with van der Waals surface area (Å²) < 4.78 is 5.02. The second kappa shape index (κ2) is 8.70. The van der Waals surface area contributed by atoms with Crippen LogP contribution in [0.3, 0.4) is 0 Å². The Morgan fingerprint density at radius 2 is 1.70 bits per heavy atom. The fourth-order valence-electron chi connectivity index (χ4n) is 2.37. The number of aromatic nitrogens is 4. The minimum atomic E-state index is -0.603. The van der Waals surface area contributed by atoms with Crippen LogP contribution < -0.4 is 0 Å². The van der Waals surface area contributed by atoms with Crippen molar-refractivity contribution in [3.05, 3.63) is 66.2 Å². The maximum absolute atomic E-state index is 12.1. The molecule has 0 atom stereocenters. The van der Waals surface area contributed by atoms with E-state index in [1.54, 1.807) is 7.05 Å². The third kappa shape index (κ3) is 5.21. The molecule has 0 fully saturated rings. The summed E-state index contributed by atoms with van der Waals surface area (Å²) in [6, 6.07) is 18.9. The van der Waals surface area contributed by atoms with Gasteiger partial charge in [-0.3, -0.25) is 4.79 Å². The van der Waals surface area contributed by atoms with Gasteiger partial charge in [-0.25, -0.2) is 4.79 Å². The fourth-order valence-corrected chi connectivity index (χ4v) is 2.37. The Balaban J connectivity index is 1.47. The van der Waals surface area contributed by atoms with Gasteiger partial charge in [0.25, 0.3) is 5.91 Å². The largest absolute Gasteiger partial charge is 0.454 e. The molecule has 0 aliphatic rings. The maximum atomic E-state index is 12.1. The molecule has 2 aromatic carbocycles. The van der Waals surface area contributed by atoms with Gasteiger partial charge in [-0.05, 0) is 10.8 Å². The van der Waals surface area contributed by atoms with Crippen LogP contribution in [-0.2, 0) is 27.4 Å². The molecule has 1 heterocycles. The molecule has 0 bridgehead atoms. The van der Waals surface area contributed by atoms with Crippen molar-refractivity contribution >= 4 is 11.9 Å². The van der Waals surface area contributed by atoms with Gasteiger partial charge in [0.2, 0.25) is 5.82 Å². The van der Waals surface area contributed by atoms with E-state index in [2.05, 4.69) is 15.4 Å². The Morgan fingerprint density at radius 3 is 2.41 bits per heavy atom. The highest BCUT2D eigenvalue weighted by molar-refractivity contribution is 5.80. The lowest BCUT2D eigenvalue weighted by atomic mass is 10.2. The molecule has 0 spiro atoms. The zero-order valence-corrected chi connectivity index (χ0v) is 14.9. The van der Waals surface area contributed by atoms with E-state index in [0.717, 1.165) is 15.9 Å². The molecule has 138 valence electrons. The zero-order valence-electron chi connectivity index (χ0n) is 14.9. The van der Waals surface area contributed by atoms with Crippen LogP contribution in [0, 0.1) is 0 Å². The minimum Gasteiger partial charge on any atom is -0.454 e. The molecular weight excluding hydrogens is 346 g/mol. The van der Waals surface area contributed by atoms with Crippen molar-refractivity contribution in [3.63, 3.8) is 0 Å². The van der Waals surface area contributed by atoms with Crippen molar-refractivity contribution in [2.75, 3.05) is 13.7 Å². The van der Waals surface area contributed by atoms with Crippen molar-refractivity contribution in [3.8, 4) is 11.4 Å². The van der Waals surface area contributed by atoms with Crippen molar-refractivity contribution in [1.82, 2.24) is 25.1 Å². The lowest BCUT2D eigenvalue weighted by Gasteiger charge is -2.17. The maximum Gasteiger partial charge on any atom is 0.330 e. The Bertz CT molecular complexity index is 896. The molecule has 1 amide bonds. The molecule has 0 unspecified atom stereocenters. The number of carbonyl (C=O) groups excluding carboxylic acids is 2. The van der Waals surface area contributed by atoms with E-state index in [0.29, 0.717) is 12.4 Å². The second-order valence-corrected chi connectivity index (χ2v) is 5.91. The molecular formula is C19H19N5O3. The minimum absolute atomic E-state index is 0.213. The summed E-state index contributed by atoms with van der Waals surface area (Å²) in [6.07, 6.45) is 0. The monoisotopic (exact) mass is 365 g/mol. The third-order valence-corrected chi connectivity index (χ3v) is 3.80. The van der Waals surface area contributed by atoms with Gasteiger partial charge >= 0.3 is 5.97 Å². The highest BCUT2D eigenvalue weighted by atomic mass is 16.5. The van der Waals surface area contributed by atoms with Gasteiger partial charge in [-0.15, -0.1) is 10.2 Å². The smallest absolute Gasteiger partial charge is 0.330 e. The average Bonchev–Trinajstić information content (AvgIpc) is 3.16. The number of ether oxygens (including phenoxy) is 1. The number of amides is 1. The molecule has 3 aromatic rings. The van der Waals surface area contributed by atoms with E-state index in [-0.39, 0.29) is 19.1 Å². The topological polar surface area (TPSA) is 90.2 Å². The third-order valence-electron chi connectivity index (χ3n) is 3.80. The molecule has 0 saturated carbocycles. The highest BCUT2D eigenvalue weighted by Crippen LogP contribution is 2.11. The van der Waals surface area contributed by atoms with Crippen LogP contribution in [0.1, 0.15) is 5.56 Å². The van der Waals surface area contributed by atoms with Gasteiger partial charge in [0.1, 0.15) is 0 Å². The van der Waals surface area contributed by atoms with Gasteiger partial charge in [0.15, 0.2) is 13.2 Å². The number of rotatable bonds is 7.